The van der Waals surface area contributed by atoms with Gasteiger partial charge in [-0.15, -0.1) is 0 Å². The number of aryl methyl sites for hydroxylation is 1. The van der Waals surface area contributed by atoms with Crippen LogP contribution in [-0.4, -0.2) is 27.9 Å². The SMILES string of the molecule is Cc1cc(C#N)cc(-c2ccccc2)c1C(=O)N1C(C(=O)O)CCC1c1cccc(F)c1F. The van der Waals surface area contributed by atoms with Crippen LogP contribution in [0.5, 0.6) is 0 Å². The summed E-state index contributed by atoms with van der Waals surface area (Å²) in [4.78, 5) is 27.1. The minimum Gasteiger partial charge on any atom is -0.480 e. The van der Waals surface area contributed by atoms with Crippen molar-refractivity contribution in [2.45, 2.75) is 31.8 Å². The number of nitrogens with zero attached hydrogens (tertiary/aromatic N) is 2. The molecule has 7 heteroatoms. The van der Waals surface area contributed by atoms with Gasteiger partial charge in [0.25, 0.3) is 5.91 Å². The second kappa shape index (κ2) is 8.83. The van der Waals surface area contributed by atoms with Gasteiger partial charge in [-0.1, -0.05) is 42.5 Å². The smallest absolute Gasteiger partial charge is 0.326 e. The Balaban J connectivity index is 1.90. The lowest BCUT2D eigenvalue weighted by molar-refractivity contribution is -0.141. The highest BCUT2D eigenvalue weighted by molar-refractivity contribution is 6.04. The van der Waals surface area contributed by atoms with E-state index in [0.717, 1.165) is 11.0 Å². The minimum atomic E-state index is -1.21. The molecule has 33 heavy (non-hydrogen) atoms. The van der Waals surface area contributed by atoms with Crippen molar-refractivity contribution in [3.05, 3.63) is 94.6 Å². The van der Waals surface area contributed by atoms with Crippen LogP contribution in [0.3, 0.4) is 0 Å². The van der Waals surface area contributed by atoms with Gasteiger partial charge < -0.3 is 10.0 Å². The predicted molar refractivity (Wildman–Crippen MR) is 117 cm³/mol. The van der Waals surface area contributed by atoms with Crippen molar-refractivity contribution in [2.24, 2.45) is 0 Å². The molecule has 1 heterocycles. The molecule has 1 aliphatic heterocycles. The van der Waals surface area contributed by atoms with E-state index in [2.05, 4.69) is 6.07 Å². The van der Waals surface area contributed by atoms with E-state index in [1.54, 1.807) is 43.3 Å². The molecule has 0 saturated carbocycles. The maximum Gasteiger partial charge on any atom is 0.326 e. The number of aliphatic carboxylic acids is 1. The second-order valence-electron chi connectivity index (χ2n) is 8.00. The highest BCUT2D eigenvalue weighted by Crippen LogP contribution is 2.40. The lowest BCUT2D eigenvalue weighted by Crippen LogP contribution is -2.42. The van der Waals surface area contributed by atoms with Crippen molar-refractivity contribution in [3.8, 4) is 17.2 Å². The van der Waals surface area contributed by atoms with E-state index in [1.165, 1.54) is 12.1 Å². The normalized spacial score (nSPS) is 17.6. The fraction of sp³-hybridized carbons (Fsp3) is 0.192. The Morgan fingerprint density at radius 1 is 1.06 bits per heavy atom. The van der Waals surface area contributed by atoms with Gasteiger partial charge in [-0.05, 0) is 54.7 Å². The summed E-state index contributed by atoms with van der Waals surface area (Å²) in [5, 5.41) is 19.2. The number of halogens is 2. The number of benzene rings is 3. The summed E-state index contributed by atoms with van der Waals surface area (Å²) in [6.07, 6.45) is 0.288. The van der Waals surface area contributed by atoms with Crippen LogP contribution in [0, 0.1) is 29.9 Å². The first-order valence-electron chi connectivity index (χ1n) is 10.4. The fourth-order valence-electron chi connectivity index (χ4n) is 4.53. The van der Waals surface area contributed by atoms with Crippen LogP contribution >= 0.6 is 0 Å². The molecule has 1 amide bonds. The maximum atomic E-state index is 14.6. The van der Waals surface area contributed by atoms with Crippen molar-refractivity contribution in [3.63, 3.8) is 0 Å². The van der Waals surface area contributed by atoms with Gasteiger partial charge in [0.2, 0.25) is 0 Å². The predicted octanol–water partition coefficient (Wildman–Crippen LogP) is 5.24. The van der Waals surface area contributed by atoms with Crippen molar-refractivity contribution >= 4 is 11.9 Å². The average Bonchev–Trinajstić information content (AvgIpc) is 3.26. The van der Waals surface area contributed by atoms with Crippen LogP contribution < -0.4 is 0 Å². The van der Waals surface area contributed by atoms with Crippen LogP contribution in [0.15, 0.2) is 60.7 Å². The first-order chi connectivity index (χ1) is 15.8. The van der Waals surface area contributed by atoms with E-state index in [0.29, 0.717) is 22.3 Å². The standard InChI is InChI=1S/C26H20F2N2O3/c1-15-12-16(14-29)13-19(17-6-3-2-4-7-17)23(15)25(31)30-21(10-11-22(30)26(32)33)18-8-5-9-20(27)24(18)28/h2-9,12-13,21-22H,10-11H2,1H3,(H,32,33). The van der Waals surface area contributed by atoms with Gasteiger partial charge in [0.15, 0.2) is 11.6 Å². The number of rotatable bonds is 4. The quantitative estimate of drug-likeness (QED) is 0.594. The Labute approximate surface area is 189 Å². The van der Waals surface area contributed by atoms with Gasteiger partial charge >= 0.3 is 5.97 Å². The Kier molecular flexibility index (Phi) is 5.93. The molecule has 0 bridgehead atoms. The van der Waals surface area contributed by atoms with Gasteiger partial charge in [0.05, 0.1) is 23.2 Å². The molecule has 1 fully saturated rings. The molecule has 5 nitrogen and oxygen atoms in total. The minimum absolute atomic E-state index is 0.0559. The van der Waals surface area contributed by atoms with Gasteiger partial charge in [-0.25, -0.2) is 13.6 Å². The number of hydrogen-bond acceptors (Lipinski definition) is 3. The molecule has 4 rings (SSSR count). The maximum absolute atomic E-state index is 14.6. The van der Waals surface area contributed by atoms with Gasteiger partial charge in [0.1, 0.15) is 6.04 Å². The number of carboxylic acid groups (broad SMARTS) is 1. The van der Waals surface area contributed by atoms with Crippen molar-refractivity contribution in [1.29, 1.82) is 5.26 Å². The van der Waals surface area contributed by atoms with Crippen molar-refractivity contribution in [1.82, 2.24) is 4.90 Å². The largest absolute Gasteiger partial charge is 0.480 e. The van der Waals surface area contributed by atoms with Gasteiger partial charge in [-0.3, -0.25) is 4.79 Å². The molecule has 2 unspecified atom stereocenters. The number of likely N-dealkylation sites (tertiary alicyclic amines) is 1. The molecule has 0 aliphatic carbocycles. The molecule has 0 spiro atoms. The third-order valence-corrected chi connectivity index (χ3v) is 6.01. The van der Waals surface area contributed by atoms with Crippen molar-refractivity contribution < 1.29 is 23.5 Å². The first kappa shape index (κ1) is 22.2. The molecule has 1 N–H and O–H groups in total. The van der Waals surface area contributed by atoms with E-state index in [-0.39, 0.29) is 24.0 Å². The van der Waals surface area contributed by atoms with Gasteiger partial charge in [0, 0.05) is 5.56 Å². The molecule has 0 aromatic heterocycles. The van der Waals surface area contributed by atoms with E-state index in [4.69, 9.17) is 0 Å². The topological polar surface area (TPSA) is 81.4 Å². The third-order valence-electron chi connectivity index (χ3n) is 6.01. The molecule has 166 valence electrons. The average molecular weight is 446 g/mol. The van der Waals surface area contributed by atoms with Crippen LogP contribution in [0.4, 0.5) is 8.78 Å². The van der Waals surface area contributed by atoms with E-state index >= 15 is 0 Å². The van der Waals surface area contributed by atoms with E-state index in [1.807, 2.05) is 6.07 Å². The molecular formula is C26H20F2N2O3. The number of hydrogen-bond donors (Lipinski definition) is 1. The molecular weight excluding hydrogens is 426 g/mol. The van der Waals surface area contributed by atoms with Crippen LogP contribution in [0.25, 0.3) is 11.1 Å². The van der Waals surface area contributed by atoms with Gasteiger partial charge in [-0.2, -0.15) is 5.26 Å². The van der Waals surface area contributed by atoms with E-state index < -0.39 is 35.6 Å². The van der Waals surface area contributed by atoms with E-state index in [9.17, 15) is 28.7 Å². The Morgan fingerprint density at radius 2 is 1.79 bits per heavy atom. The monoisotopic (exact) mass is 446 g/mol. The molecule has 0 radical (unpaired) electrons. The molecule has 2 atom stereocenters. The summed E-state index contributed by atoms with van der Waals surface area (Å²) in [6, 6.07) is 15.8. The highest BCUT2D eigenvalue weighted by Gasteiger charge is 2.44. The fourth-order valence-corrected chi connectivity index (χ4v) is 4.53. The molecule has 3 aromatic rings. The lowest BCUT2D eigenvalue weighted by Gasteiger charge is -2.30. The number of carboxylic acids is 1. The molecule has 1 aliphatic rings. The number of nitriles is 1. The molecule has 3 aromatic carbocycles. The summed E-state index contributed by atoms with van der Waals surface area (Å²) >= 11 is 0. The summed E-state index contributed by atoms with van der Waals surface area (Å²) in [6.45, 7) is 1.67. The zero-order valence-corrected chi connectivity index (χ0v) is 17.8. The Bertz CT molecular complexity index is 1280. The zero-order chi connectivity index (χ0) is 23.7. The Morgan fingerprint density at radius 3 is 2.45 bits per heavy atom. The van der Waals surface area contributed by atoms with Crippen molar-refractivity contribution in [2.75, 3.05) is 0 Å². The van der Waals surface area contributed by atoms with Crippen LogP contribution in [-0.2, 0) is 4.79 Å². The number of carbonyl (C=O) groups excluding carboxylic acids is 1. The summed E-state index contributed by atoms with van der Waals surface area (Å²) in [7, 11) is 0. The summed E-state index contributed by atoms with van der Waals surface area (Å²) in [5.41, 5.74) is 2.18. The number of carbonyl (C=O) groups is 2. The van der Waals surface area contributed by atoms with Crippen LogP contribution in [0.2, 0.25) is 0 Å². The lowest BCUT2D eigenvalue weighted by atomic mass is 9.92. The summed E-state index contributed by atoms with van der Waals surface area (Å²) in [5.74, 6) is -3.96. The Hall–Kier alpha value is -4.05. The number of amides is 1. The summed E-state index contributed by atoms with van der Waals surface area (Å²) < 4.78 is 28.6. The van der Waals surface area contributed by atoms with Crippen LogP contribution in [0.1, 0.15) is 45.9 Å². The second-order valence-corrected chi connectivity index (χ2v) is 8.00. The first-order valence-corrected chi connectivity index (χ1v) is 10.4. The molecule has 1 saturated heterocycles. The zero-order valence-electron chi connectivity index (χ0n) is 17.8. The third kappa shape index (κ3) is 3.96. The highest BCUT2D eigenvalue weighted by atomic mass is 19.2.